The summed E-state index contributed by atoms with van der Waals surface area (Å²) in [6.07, 6.45) is -4.56. The van der Waals surface area contributed by atoms with Crippen LogP contribution >= 0.6 is 0 Å². The summed E-state index contributed by atoms with van der Waals surface area (Å²) in [5.74, 6) is 0. The zero-order chi connectivity index (χ0) is 23.2. The van der Waals surface area contributed by atoms with E-state index in [1.807, 2.05) is 0 Å². The van der Waals surface area contributed by atoms with Gasteiger partial charge in [0.1, 0.15) is 6.10 Å². The van der Waals surface area contributed by atoms with Crippen LogP contribution in [0.15, 0.2) is 46.3 Å². The van der Waals surface area contributed by atoms with Gasteiger partial charge in [-0.15, -0.1) is 0 Å². The van der Waals surface area contributed by atoms with E-state index in [0.29, 0.717) is 12.3 Å². The van der Waals surface area contributed by atoms with Crippen molar-refractivity contribution in [2.24, 2.45) is 0 Å². The van der Waals surface area contributed by atoms with Crippen LogP contribution in [0.1, 0.15) is 42.7 Å². The lowest BCUT2D eigenvalue weighted by Crippen LogP contribution is -2.42. The van der Waals surface area contributed by atoms with Gasteiger partial charge >= 0.3 is 6.18 Å². The van der Waals surface area contributed by atoms with Crippen molar-refractivity contribution < 1.29 is 34.7 Å². The Balaban J connectivity index is 2.06. The fourth-order valence-corrected chi connectivity index (χ4v) is 6.40. The Labute approximate surface area is 179 Å². The predicted octanol–water partition coefficient (Wildman–Crippen LogP) is 3.90. The molecule has 0 bridgehead atoms. The van der Waals surface area contributed by atoms with Gasteiger partial charge in [-0.1, -0.05) is 12.1 Å². The van der Waals surface area contributed by atoms with Crippen LogP contribution in [0.3, 0.4) is 0 Å². The second-order valence-electron chi connectivity index (χ2n) is 7.96. The molecule has 11 heteroatoms. The third-order valence-corrected chi connectivity index (χ3v) is 9.10. The molecule has 0 amide bonds. The van der Waals surface area contributed by atoms with Crippen LogP contribution in [-0.4, -0.2) is 39.4 Å². The fourth-order valence-electron chi connectivity index (χ4n) is 3.61. The van der Waals surface area contributed by atoms with Crippen LogP contribution < -0.4 is 0 Å². The monoisotopic (exact) mass is 477 g/mol. The summed E-state index contributed by atoms with van der Waals surface area (Å²) in [7, 11) is -7.93. The summed E-state index contributed by atoms with van der Waals surface area (Å²) in [6, 6.07) is 6.93. The lowest BCUT2D eigenvalue weighted by atomic mass is 9.94. The van der Waals surface area contributed by atoms with E-state index in [9.17, 15) is 30.0 Å². The topological polar surface area (TPSA) is 90.4 Å². The van der Waals surface area contributed by atoms with Gasteiger partial charge in [-0.2, -0.15) is 13.2 Å². The highest BCUT2D eigenvalue weighted by molar-refractivity contribution is 7.92. The van der Waals surface area contributed by atoms with Gasteiger partial charge in [0.2, 0.25) is 0 Å². The SMILES string of the molecule is Cc1cccc(S(=O)(=O)C2(C)CCOC(c3ncc(C(F)(F)F)cc3S(C)(=O)=O)C2)c1. The Hall–Kier alpha value is -1.98. The largest absolute Gasteiger partial charge is 0.417 e. The lowest BCUT2D eigenvalue weighted by molar-refractivity contribution is -0.138. The molecule has 0 N–H and O–H groups in total. The highest BCUT2D eigenvalue weighted by Crippen LogP contribution is 2.43. The normalized spacial score (nSPS) is 23.0. The Morgan fingerprint density at radius 1 is 1.16 bits per heavy atom. The summed E-state index contributed by atoms with van der Waals surface area (Å²) in [4.78, 5) is 3.25. The van der Waals surface area contributed by atoms with E-state index in [0.717, 1.165) is 11.8 Å². The molecular formula is C20H22F3NO5S2. The molecule has 1 saturated heterocycles. The fraction of sp³-hybridized carbons (Fsp3) is 0.450. The third-order valence-electron chi connectivity index (χ3n) is 5.43. The number of pyridine rings is 1. The molecule has 1 aliphatic heterocycles. The van der Waals surface area contributed by atoms with Gasteiger partial charge < -0.3 is 4.74 Å². The first kappa shape index (κ1) is 23.7. The van der Waals surface area contributed by atoms with Gasteiger partial charge in [-0.25, -0.2) is 16.8 Å². The molecule has 1 aromatic heterocycles. The first-order valence-electron chi connectivity index (χ1n) is 9.35. The van der Waals surface area contributed by atoms with Crippen molar-refractivity contribution in [3.8, 4) is 0 Å². The van der Waals surface area contributed by atoms with Crippen molar-refractivity contribution >= 4 is 19.7 Å². The minimum absolute atomic E-state index is 0.0158. The molecule has 2 unspecified atom stereocenters. The zero-order valence-electron chi connectivity index (χ0n) is 17.1. The summed E-state index contributed by atoms with van der Waals surface area (Å²) >= 11 is 0. The van der Waals surface area contributed by atoms with Gasteiger partial charge in [0, 0.05) is 19.1 Å². The van der Waals surface area contributed by atoms with Gasteiger partial charge in [-0.3, -0.25) is 4.98 Å². The van der Waals surface area contributed by atoms with E-state index in [1.165, 1.54) is 13.0 Å². The highest BCUT2D eigenvalue weighted by atomic mass is 32.2. The van der Waals surface area contributed by atoms with Crippen molar-refractivity contribution in [3.05, 3.63) is 53.3 Å². The zero-order valence-corrected chi connectivity index (χ0v) is 18.7. The van der Waals surface area contributed by atoms with Gasteiger partial charge in [-0.05, 0) is 50.5 Å². The van der Waals surface area contributed by atoms with Crippen LogP contribution in [0.5, 0.6) is 0 Å². The molecule has 0 saturated carbocycles. The van der Waals surface area contributed by atoms with Crippen LogP contribution in [0, 0.1) is 6.92 Å². The first-order valence-corrected chi connectivity index (χ1v) is 12.7. The number of benzene rings is 1. The summed E-state index contributed by atoms with van der Waals surface area (Å²) in [5, 5.41) is 0. The first-order chi connectivity index (χ1) is 14.1. The third kappa shape index (κ3) is 4.63. The number of ether oxygens (including phenoxy) is 1. The molecule has 2 heterocycles. The standard InChI is InChI=1S/C20H22F3NO5S2/c1-13-5-4-6-15(9-13)31(27,28)19(2)7-8-29-16(11-19)18-17(30(3,25)26)10-14(12-24-18)20(21,22)23/h4-6,9-10,12,16H,7-8,11H2,1-3H3. The van der Waals surface area contributed by atoms with Crippen LogP contribution in [-0.2, 0) is 30.6 Å². The van der Waals surface area contributed by atoms with E-state index in [4.69, 9.17) is 4.74 Å². The summed E-state index contributed by atoms with van der Waals surface area (Å²) in [5.41, 5.74) is -0.666. The maximum Gasteiger partial charge on any atom is 0.417 e. The number of halogens is 3. The van der Waals surface area contributed by atoms with E-state index in [2.05, 4.69) is 4.98 Å². The number of alkyl halides is 3. The molecule has 3 rings (SSSR count). The number of rotatable bonds is 4. The van der Waals surface area contributed by atoms with E-state index in [1.54, 1.807) is 25.1 Å². The van der Waals surface area contributed by atoms with Crippen LogP contribution in [0.25, 0.3) is 0 Å². The van der Waals surface area contributed by atoms with E-state index >= 15 is 0 Å². The molecular weight excluding hydrogens is 455 g/mol. The van der Waals surface area contributed by atoms with Gasteiger partial charge in [0.25, 0.3) is 0 Å². The van der Waals surface area contributed by atoms with Crippen LogP contribution in [0.4, 0.5) is 13.2 Å². The van der Waals surface area contributed by atoms with Gasteiger partial charge in [0.05, 0.1) is 25.8 Å². The maximum absolute atomic E-state index is 13.4. The number of sulfone groups is 2. The second-order valence-corrected chi connectivity index (χ2v) is 12.4. The highest BCUT2D eigenvalue weighted by Gasteiger charge is 2.46. The molecule has 2 aromatic rings. The molecule has 0 radical (unpaired) electrons. The molecule has 0 spiro atoms. The Morgan fingerprint density at radius 2 is 1.84 bits per heavy atom. The number of nitrogens with zero attached hydrogens (tertiary/aromatic N) is 1. The summed E-state index contributed by atoms with van der Waals surface area (Å²) < 4.78 is 94.7. The van der Waals surface area contributed by atoms with Crippen molar-refractivity contribution in [2.75, 3.05) is 12.9 Å². The van der Waals surface area contributed by atoms with Crippen molar-refractivity contribution in [2.45, 2.75) is 53.5 Å². The number of aromatic nitrogens is 1. The lowest BCUT2D eigenvalue weighted by Gasteiger charge is -2.37. The Bertz CT molecular complexity index is 1210. The van der Waals surface area contributed by atoms with E-state index in [-0.39, 0.29) is 30.0 Å². The van der Waals surface area contributed by atoms with E-state index < -0.39 is 47.2 Å². The molecule has 1 fully saturated rings. The maximum atomic E-state index is 13.4. The Morgan fingerprint density at radius 3 is 2.42 bits per heavy atom. The average Bonchev–Trinajstić information content (AvgIpc) is 2.66. The molecule has 31 heavy (non-hydrogen) atoms. The number of aryl methyl sites for hydroxylation is 1. The Kier molecular flexibility index (Phi) is 6.00. The molecule has 170 valence electrons. The second kappa shape index (κ2) is 7.86. The molecule has 1 aliphatic rings. The summed E-state index contributed by atoms with van der Waals surface area (Å²) in [6.45, 7) is 3.28. The molecule has 2 atom stereocenters. The number of hydrogen-bond acceptors (Lipinski definition) is 6. The average molecular weight is 478 g/mol. The number of hydrogen-bond donors (Lipinski definition) is 0. The predicted molar refractivity (Wildman–Crippen MR) is 107 cm³/mol. The van der Waals surface area contributed by atoms with Crippen molar-refractivity contribution in [1.29, 1.82) is 0 Å². The van der Waals surface area contributed by atoms with Gasteiger partial charge in [0.15, 0.2) is 19.7 Å². The quantitative estimate of drug-likeness (QED) is 0.664. The van der Waals surface area contributed by atoms with Crippen LogP contribution in [0.2, 0.25) is 0 Å². The minimum atomic E-state index is -4.78. The van der Waals surface area contributed by atoms with Crippen molar-refractivity contribution in [1.82, 2.24) is 4.98 Å². The molecule has 0 aliphatic carbocycles. The molecule has 6 nitrogen and oxygen atoms in total. The minimum Gasteiger partial charge on any atom is -0.372 e. The van der Waals surface area contributed by atoms with Crippen molar-refractivity contribution in [3.63, 3.8) is 0 Å². The molecule has 1 aromatic carbocycles. The smallest absolute Gasteiger partial charge is 0.372 e.